The summed E-state index contributed by atoms with van der Waals surface area (Å²) >= 11 is 0. The first-order valence-electron chi connectivity index (χ1n) is 10.5. The van der Waals surface area contributed by atoms with Crippen LogP contribution >= 0.6 is 0 Å². The molecule has 0 aromatic heterocycles. The number of nitrogens with one attached hydrogen (secondary N) is 1. The number of likely N-dealkylation sites (N-methyl/N-ethyl adjacent to an activating group) is 1. The summed E-state index contributed by atoms with van der Waals surface area (Å²) in [5, 5.41) is 2.87. The van der Waals surface area contributed by atoms with Gasteiger partial charge in [-0.05, 0) is 57.1 Å². The predicted octanol–water partition coefficient (Wildman–Crippen LogP) is 2.83. The Bertz CT molecular complexity index is 887. The van der Waals surface area contributed by atoms with E-state index < -0.39 is 0 Å². The highest BCUT2D eigenvalue weighted by Gasteiger charge is 2.23. The van der Waals surface area contributed by atoms with E-state index >= 15 is 0 Å². The number of carbonyl (C=O) groups excluding carboxylic acids is 2. The molecule has 0 unspecified atom stereocenters. The summed E-state index contributed by atoms with van der Waals surface area (Å²) in [5.41, 5.74) is 5.77. The van der Waals surface area contributed by atoms with Gasteiger partial charge in [-0.3, -0.25) is 14.5 Å². The Morgan fingerprint density at radius 3 is 2.27 bits per heavy atom. The molecule has 6 nitrogen and oxygen atoms in total. The van der Waals surface area contributed by atoms with Gasteiger partial charge in [0.15, 0.2) is 0 Å². The summed E-state index contributed by atoms with van der Waals surface area (Å²) < 4.78 is 0. The molecular weight excluding hydrogens is 376 g/mol. The predicted molar refractivity (Wildman–Crippen MR) is 122 cm³/mol. The van der Waals surface area contributed by atoms with Gasteiger partial charge >= 0.3 is 0 Å². The molecule has 0 saturated carbocycles. The number of amides is 2. The Kier molecular flexibility index (Phi) is 7.11. The zero-order valence-corrected chi connectivity index (χ0v) is 18.4. The van der Waals surface area contributed by atoms with Crippen LogP contribution < -0.4 is 10.2 Å². The quantitative estimate of drug-likeness (QED) is 0.799. The fourth-order valence-corrected chi connectivity index (χ4v) is 3.74. The Morgan fingerprint density at radius 1 is 0.933 bits per heavy atom. The zero-order chi connectivity index (χ0) is 21.7. The molecule has 1 saturated heterocycles. The molecule has 0 atom stereocenters. The van der Waals surface area contributed by atoms with Crippen LogP contribution in [0.4, 0.5) is 11.4 Å². The topological polar surface area (TPSA) is 55.9 Å². The van der Waals surface area contributed by atoms with Crippen LogP contribution in [0.2, 0.25) is 0 Å². The first kappa shape index (κ1) is 21.8. The van der Waals surface area contributed by atoms with Crippen LogP contribution in [0.5, 0.6) is 0 Å². The molecule has 0 spiro atoms. The third kappa shape index (κ3) is 5.60. The van der Waals surface area contributed by atoms with E-state index in [1.807, 2.05) is 36.1 Å². The number of anilines is 2. The highest BCUT2D eigenvalue weighted by Crippen LogP contribution is 2.23. The largest absolute Gasteiger partial charge is 0.368 e. The average molecular weight is 409 g/mol. The van der Waals surface area contributed by atoms with Crippen LogP contribution in [0.1, 0.15) is 16.7 Å². The SMILES string of the molecule is Cc1ccc(NC(=O)CN(C)CC(=O)N2CCN(c3cccc(C)c3C)CC2)cc1. The van der Waals surface area contributed by atoms with Crippen molar-refractivity contribution in [1.29, 1.82) is 0 Å². The van der Waals surface area contributed by atoms with Crippen LogP contribution in [-0.4, -0.2) is 67.9 Å². The fraction of sp³-hybridized carbons (Fsp3) is 0.417. The molecule has 3 rings (SSSR count). The van der Waals surface area contributed by atoms with Crippen molar-refractivity contribution in [1.82, 2.24) is 9.80 Å². The average Bonchev–Trinajstić information content (AvgIpc) is 2.71. The van der Waals surface area contributed by atoms with E-state index in [-0.39, 0.29) is 24.9 Å². The number of rotatable bonds is 6. The van der Waals surface area contributed by atoms with E-state index in [9.17, 15) is 9.59 Å². The molecule has 160 valence electrons. The van der Waals surface area contributed by atoms with Crippen molar-refractivity contribution in [3.8, 4) is 0 Å². The Morgan fingerprint density at radius 2 is 1.60 bits per heavy atom. The summed E-state index contributed by atoms with van der Waals surface area (Å²) in [6.45, 7) is 9.77. The number of hydrogen-bond donors (Lipinski definition) is 1. The number of nitrogens with zero attached hydrogens (tertiary/aromatic N) is 3. The Labute approximate surface area is 179 Å². The van der Waals surface area contributed by atoms with Crippen LogP contribution in [0, 0.1) is 20.8 Å². The number of piperazine rings is 1. The standard InChI is InChI=1S/C24H32N4O2/c1-18-8-10-21(11-9-18)25-23(29)16-26(4)17-24(30)28-14-12-27(13-15-28)22-7-5-6-19(2)20(22)3/h5-11H,12-17H2,1-4H3,(H,25,29). The summed E-state index contributed by atoms with van der Waals surface area (Å²) in [7, 11) is 1.80. The third-order valence-corrected chi connectivity index (χ3v) is 5.70. The molecule has 2 amide bonds. The second kappa shape index (κ2) is 9.76. The van der Waals surface area contributed by atoms with Crippen LogP contribution in [-0.2, 0) is 9.59 Å². The molecule has 6 heteroatoms. The first-order valence-corrected chi connectivity index (χ1v) is 10.5. The van der Waals surface area contributed by atoms with Crippen molar-refractivity contribution in [3.05, 3.63) is 59.2 Å². The summed E-state index contributed by atoms with van der Waals surface area (Å²) in [4.78, 5) is 30.9. The van der Waals surface area contributed by atoms with Gasteiger partial charge in [0, 0.05) is 37.6 Å². The number of hydrogen-bond acceptors (Lipinski definition) is 4. The minimum Gasteiger partial charge on any atom is -0.368 e. The summed E-state index contributed by atoms with van der Waals surface area (Å²) in [6, 6.07) is 14.1. The normalized spacial score (nSPS) is 14.2. The maximum atomic E-state index is 12.7. The van der Waals surface area contributed by atoms with Crippen molar-refractivity contribution in [3.63, 3.8) is 0 Å². The van der Waals surface area contributed by atoms with Crippen molar-refractivity contribution < 1.29 is 9.59 Å². The number of benzene rings is 2. The summed E-state index contributed by atoms with van der Waals surface area (Å²) in [5.74, 6) is -0.0462. The maximum Gasteiger partial charge on any atom is 0.238 e. The van der Waals surface area contributed by atoms with E-state index in [0.29, 0.717) is 13.1 Å². The van der Waals surface area contributed by atoms with E-state index in [2.05, 4.69) is 42.3 Å². The van der Waals surface area contributed by atoms with Crippen molar-refractivity contribution in [2.24, 2.45) is 0 Å². The summed E-state index contributed by atoms with van der Waals surface area (Å²) in [6.07, 6.45) is 0. The lowest BCUT2D eigenvalue weighted by atomic mass is 10.1. The van der Waals surface area contributed by atoms with Crippen LogP contribution in [0.15, 0.2) is 42.5 Å². The third-order valence-electron chi connectivity index (χ3n) is 5.70. The molecule has 30 heavy (non-hydrogen) atoms. The van der Waals surface area contributed by atoms with E-state index in [0.717, 1.165) is 24.3 Å². The minimum atomic E-state index is -0.117. The Hall–Kier alpha value is -2.86. The molecular formula is C24H32N4O2. The van der Waals surface area contributed by atoms with Crippen LogP contribution in [0.3, 0.4) is 0 Å². The van der Waals surface area contributed by atoms with Crippen LogP contribution in [0.25, 0.3) is 0 Å². The van der Waals surface area contributed by atoms with E-state index in [4.69, 9.17) is 0 Å². The maximum absolute atomic E-state index is 12.7. The van der Waals surface area contributed by atoms with Gasteiger partial charge in [-0.1, -0.05) is 29.8 Å². The zero-order valence-electron chi connectivity index (χ0n) is 18.4. The minimum absolute atomic E-state index is 0.0706. The number of aryl methyl sites for hydroxylation is 2. The highest BCUT2D eigenvalue weighted by atomic mass is 16.2. The van der Waals surface area contributed by atoms with E-state index in [1.54, 1.807) is 11.9 Å². The van der Waals surface area contributed by atoms with Gasteiger partial charge in [0.25, 0.3) is 0 Å². The van der Waals surface area contributed by atoms with Crippen molar-refractivity contribution in [2.75, 3.05) is 56.5 Å². The second-order valence-electron chi connectivity index (χ2n) is 8.17. The monoisotopic (exact) mass is 408 g/mol. The Balaban J connectivity index is 1.45. The molecule has 0 bridgehead atoms. The van der Waals surface area contributed by atoms with Gasteiger partial charge in [0.2, 0.25) is 11.8 Å². The van der Waals surface area contributed by atoms with Gasteiger partial charge in [0.1, 0.15) is 0 Å². The molecule has 0 radical (unpaired) electrons. The van der Waals surface area contributed by atoms with Gasteiger partial charge in [-0.25, -0.2) is 0 Å². The van der Waals surface area contributed by atoms with Gasteiger partial charge < -0.3 is 15.1 Å². The molecule has 2 aromatic rings. The first-order chi connectivity index (χ1) is 14.3. The second-order valence-corrected chi connectivity index (χ2v) is 8.17. The fourth-order valence-electron chi connectivity index (χ4n) is 3.74. The molecule has 2 aromatic carbocycles. The molecule has 1 aliphatic heterocycles. The highest BCUT2D eigenvalue weighted by molar-refractivity contribution is 5.92. The molecule has 1 aliphatic rings. The lowest BCUT2D eigenvalue weighted by molar-refractivity contribution is -0.132. The number of carbonyl (C=O) groups is 2. The molecule has 1 fully saturated rings. The lowest BCUT2D eigenvalue weighted by Crippen LogP contribution is -2.51. The van der Waals surface area contributed by atoms with Gasteiger partial charge in [0.05, 0.1) is 13.1 Å². The molecule has 1 N–H and O–H groups in total. The van der Waals surface area contributed by atoms with Gasteiger partial charge in [-0.15, -0.1) is 0 Å². The van der Waals surface area contributed by atoms with Gasteiger partial charge in [-0.2, -0.15) is 0 Å². The lowest BCUT2D eigenvalue weighted by Gasteiger charge is -2.37. The van der Waals surface area contributed by atoms with E-state index in [1.165, 1.54) is 16.8 Å². The van der Waals surface area contributed by atoms with Crippen molar-refractivity contribution >= 4 is 23.2 Å². The smallest absolute Gasteiger partial charge is 0.238 e. The van der Waals surface area contributed by atoms with Crippen molar-refractivity contribution in [2.45, 2.75) is 20.8 Å². The molecule has 0 aliphatic carbocycles. The molecule has 1 heterocycles.